The summed E-state index contributed by atoms with van der Waals surface area (Å²) < 4.78 is 37.4. The number of nitrogens with zero attached hydrogens (tertiary/aromatic N) is 2. The Bertz CT molecular complexity index is 561. The molecule has 0 aromatic carbocycles. The van der Waals surface area contributed by atoms with Gasteiger partial charge in [-0.15, -0.1) is 0 Å². The van der Waals surface area contributed by atoms with Crippen molar-refractivity contribution >= 4 is 16.9 Å². The molecule has 2 N–H and O–H groups in total. The number of halogens is 3. The molecule has 84 valence electrons. The lowest BCUT2D eigenvalue weighted by Crippen LogP contribution is -2.10. The van der Waals surface area contributed by atoms with Crippen LogP contribution < -0.4 is 0 Å². The smallest absolute Gasteiger partial charge is 0.435 e. The van der Waals surface area contributed by atoms with Gasteiger partial charge in [0.1, 0.15) is 0 Å². The zero-order valence-electron chi connectivity index (χ0n) is 7.54. The van der Waals surface area contributed by atoms with Gasteiger partial charge < -0.3 is 5.11 Å². The highest BCUT2D eigenvalue weighted by Crippen LogP contribution is 2.32. The van der Waals surface area contributed by atoms with Gasteiger partial charge in [-0.3, -0.25) is 5.10 Å². The van der Waals surface area contributed by atoms with Gasteiger partial charge in [0.2, 0.25) is 0 Å². The summed E-state index contributed by atoms with van der Waals surface area (Å²) in [7, 11) is 0. The first kappa shape index (κ1) is 10.4. The number of carbonyl (C=O) groups is 1. The normalized spacial score (nSPS) is 11.9. The van der Waals surface area contributed by atoms with Gasteiger partial charge in [0.15, 0.2) is 5.69 Å². The molecule has 0 saturated heterocycles. The average Bonchev–Trinajstić information content (AvgIpc) is 2.61. The molecule has 8 heteroatoms. The Kier molecular flexibility index (Phi) is 2.07. The first-order valence-electron chi connectivity index (χ1n) is 4.04. The average molecular weight is 231 g/mol. The second kappa shape index (κ2) is 3.19. The molecule has 0 saturated carbocycles. The van der Waals surface area contributed by atoms with E-state index in [0.29, 0.717) is 6.20 Å². The zero-order chi connectivity index (χ0) is 11.9. The van der Waals surface area contributed by atoms with Gasteiger partial charge in [-0.25, -0.2) is 9.78 Å². The fraction of sp³-hybridized carbons (Fsp3) is 0.125. The monoisotopic (exact) mass is 231 g/mol. The summed E-state index contributed by atoms with van der Waals surface area (Å²) in [5.74, 6) is -1.35. The molecule has 16 heavy (non-hydrogen) atoms. The van der Waals surface area contributed by atoms with Crippen LogP contribution >= 0.6 is 0 Å². The van der Waals surface area contributed by atoms with Crippen molar-refractivity contribution in [3.05, 3.63) is 23.7 Å². The molecular formula is C8H4F3N3O2. The van der Waals surface area contributed by atoms with Crippen molar-refractivity contribution in [2.45, 2.75) is 6.18 Å². The number of pyridine rings is 1. The second-order valence-corrected chi connectivity index (χ2v) is 2.98. The van der Waals surface area contributed by atoms with E-state index in [1.54, 1.807) is 0 Å². The van der Waals surface area contributed by atoms with Gasteiger partial charge >= 0.3 is 12.1 Å². The van der Waals surface area contributed by atoms with E-state index in [4.69, 9.17) is 5.11 Å². The molecule has 0 fully saturated rings. The third kappa shape index (κ3) is 1.47. The molecule has 0 aliphatic heterocycles. The molecule has 2 rings (SSSR count). The van der Waals surface area contributed by atoms with E-state index >= 15 is 0 Å². The number of aromatic amines is 1. The van der Waals surface area contributed by atoms with Crippen LogP contribution in [0.15, 0.2) is 12.4 Å². The zero-order valence-corrected chi connectivity index (χ0v) is 7.54. The molecule has 0 amide bonds. The summed E-state index contributed by atoms with van der Waals surface area (Å²) >= 11 is 0. The number of rotatable bonds is 1. The summed E-state index contributed by atoms with van der Waals surface area (Å²) in [6.45, 7) is 0. The molecule has 2 aromatic heterocycles. The first-order valence-corrected chi connectivity index (χ1v) is 4.04. The van der Waals surface area contributed by atoms with Crippen molar-refractivity contribution in [3.63, 3.8) is 0 Å². The third-order valence-corrected chi connectivity index (χ3v) is 1.99. The molecule has 5 nitrogen and oxygen atoms in total. The summed E-state index contributed by atoms with van der Waals surface area (Å²) in [6.07, 6.45) is -2.96. The van der Waals surface area contributed by atoms with Gasteiger partial charge in [0.25, 0.3) is 0 Å². The standard InChI is InChI=1S/C8H4F3N3O2/c9-8(10,11)6-5-3(2-13-14-5)4(1-12-6)7(15)16/h1-2H,(H,13,14)(H,15,16). The number of H-pyrrole nitrogens is 1. The minimum Gasteiger partial charge on any atom is -0.478 e. The predicted molar refractivity (Wildman–Crippen MR) is 45.9 cm³/mol. The number of aromatic nitrogens is 3. The van der Waals surface area contributed by atoms with Crippen molar-refractivity contribution in [2.24, 2.45) is 0 Å². The highest BCUT2D eigenvalue weighted by Gasteiger charge is 2.36. The minimum atomic E-state index is -4.65. The molecule has 2 heterocycles. The Labute approximate surface area is 85.9 Å². The first-order chi connectivity index (χ1) is 7.41. The van der Waals surface area contributed by atoms with Crippen LogP contribution in [0.4, 0.5) is 13.2 Å². The molecule has 0 unspecified atom stereocenters. The molecule has 0 spiro atoms. The van der Waals surface area contributed by atoms with E-state index in [2.05, 4.69) is 15.2 Å². The number of fused-ring (bicyclic) bond motifs is 1. The Hall–Kier alpha value is -2.12. The van der Waals surface area contributed by atoms with Crippen LogP contribution in [-0.2, 0) is 6.18 Å². The van der Waals surface area contributed by atoms with Crippen LogP contribution in [0.1, 0.15) is 16.1 Å². The minimum absolute atomic E-state index is 0.116. The maximum Gasteiger partial charge on any atom is 0.435 e. The maximum absolute atomic E-state index is 12.5. The lowest BCUT2D eigenvalue weighted by atomic mass is 10.1. The van der Waals surface area contributed by atoms with Gasteiger partial charge in [-0.05, 0) is 0 Å². The van der Waals surface area contributed by atoms with Crippen molar-refractivity contribution in [1.29, 1.82) is 0 Å². The SMILES string of the molecule is O=C(O)c1cnc(C(F)(F)F)c2[nH]ncc12. The van der Waals surface area contributed by atoms with E-state index in [1.165, 1.54) is 0 Å². The van der Waals surface area contributed by atoms with Crippen LogP contribution in [0, 0.1) is 0 Å². The Morgan fingerprint density at radius 2 is 2.06 bits per heavy atom. The highest BCUT2D eigenvalue weighted by molar-refractivity contribution is 6.02. The van der Waals surface area contributed by atoms with Crippen LogP contribution in [0.3, 0.4) is 0 Å². The number of hydrogen-bond acceptors (Lipinski definition) is 3. The quantitative estimate of drug-likeness (QED) is 0.782. The van der Waals surface area contributed by atoms with Crippen LogP contribution in [0.2, 0.25) is 0 Å². The van der Waals surface area contributed by atoms with Crippen LogP contribution in [0.25, 0.3) is 10.9 Å². The molecule has 0 aliphatic carbocycles. The van der Waals surface area contributed by atoms with Crippen LogP contribution in [0.5, 0.6) is 0 Å². The van der Waals surface area contributed by atoms with Gasteiger partial charge in [0.05, 0.1) is 17.3 Å². The molecule has 0 radical (unpaired) electrons. The summed E-state index contributed by atoms with van der Waals surface area (Å²) in [6, 6.07) is 0. The summed E-state index contributed by atoms with van der Waals surface area (Å²) in [5, 5.41) is 14.1. The van der Waals surface area contributed by atoms with Crippen molar-refractivity contribution < 1.29 is 23.1 Å². The summed E-state index contributed by atoms with van der Waals surface area (Å²) in [4.78, 5) is 13.8. The van der Waals surface area contributed by atoms with Crippen molar-refractivity contribution in [3.8, 4) is 0 Å². The Morgan fingerprint density at radius 3 is 2.62 bits per heavy atom. The lowest BCUT2D eigenvalue weighted by Gasteiger charge is -2.07. The van der Waals surface area contributed by atoms with Crippen molar-refractivity contribution in [1.82, 2.24) is 15.2 Å². The van der Waals surface area contributed by atoms with Crippen LogP contribution in [-0.4, -0.2) is 26.3 Å². The highest BCUT2D eigenvalue weighted by atomic mass is 19.4. The van der Waals surface area contributed by atoms with E-state index in [9.17, 15) is 18.0 Å². The lowest BCUT2D eigenvalue weighted by molar-refractivity contribution is -0.139. The molecular weight excluding hydrogens is 227 g/mol. The second-order valence-electron chi connectivity index (χ2n) is 2.98. The molecule has 0 atom stereocenters. The fourth-order valence-corrected chi connectivity index (χ4v) is 1.32. The largest absolute Gasteiger partial charge is 0.478 e. The van der Waals surface area contributed by atoms with E-state index in [1.807, 2.05) is 0 Å². The molecule has 0 bridgehead atoms. The number of nitrogens with one attached hydrogen (secondary N) is 1. The fourth-order valence-electron chi connectivity index (χ4n) is 1.32. The molecule has 0 aliphatic rings. The summed E-state index contributed by atoms with van der Waals surface area (Å²) in [5.41, 5.74) is -1.92. The maximum atomic E-state index is 12.5. The van der Waals surface area contributed by atoms with Crippen molar-refractivity contribution in [2.75, 3.05) is 0 Å². The number of carboxylic acids is 1. The Morgan fingerprint density at radius 1 is 1.38 bits per heavy atom. The third-order valence-electron chi connectivity index (χ3n) is 1.99. The number of hydrogen-bond donors (Lipinski definition) is 2. The Balaban J connectivity index is 2.79. The van der Waals surface area contributed by atoms with Gasteiger partial charge in [0, 0.05) is 11.6 Å². The van der Waals surface area contributed by atoms with E-state index in [0.717, 1.165) is 6.20 Å². The van der Waals surface area contributed by atoms with E-state index in [-0.39, 0.29) is 10.9 Å². The van der Waals surface area contributed by atoms with Gasteiger partial charge in [-0.1, -0.05) is 0 Å². The van der Waals surface area contributed by atoms with Gasteiger partial charge in [-0.2, -0.15) is 18.3 Å². The predicted octanol–water partition coefficient (Wildman–Crippen LogP) is 1.67. The van der Waals surface area contributed by atoms with E-state index < -0.39 is 23.4 Å². The topological polar surface area (TPSA) is 78.9 Å². The molecule has 2 aromatic rings. The number of aromatic carboxylic acids is 1. The number of alkyl halides is 3. The number of carboxylic acid groups (broad SMARTS) is 1.